The molecular weight excluding hydrogens is 224 g/mol. The van der Waals surface area contributed by atoms with E-state index in [1.54, 1.807) is 0 Å². The summed E-state index contributed by atoms with van der Waals surface area (Å²) in [4.78, 5) is 16.2. The average molecular weight is 244 g/mol. The van der Waals surface area contributed by atoms with Crippen molar-refractivity contribution < 1.29 is 4.79 Å². The van der Waals surface area contributed by atoms with Gasteiger partial charge in [0.15, 0.2) is 0 Å². The van der Waals surface area contributed by atoms with Crippen molar-refractivity contribution in [2.75, 3.05) is 0 Å². The van der Waals surface area contributed by atoms with Crippen molar-refractivity contribution in [2.45, 2.75) is 40.2 Å². The fraction of sp³-hybridized carbons (Fsp3) is 0.467. The molecule has 0 saturated carbocycles. The SMILES string of the molecule is Cc1ccc(CC2=NC(C(C)C)C(=O)N2)cc1C. The molecule has 0 aliphatic carbocycles. The first-order chi connectivity index (χ1) is 8.47. The summed E-state index contributed by atoms with van der Waals surface area (Å²) in [5, 5.41) is 2.88. The van der Waals surface area contributed by atoms with Crippen molar-refractivity contribution in [1.82, 2.24) is 5.32 Å². The third kappa shape index (κ3) is 2.61. The quantitative estimate of drug-likeness (QED) is 0.871. The van der Waals surface area contributed by atoms with E-state index in [0.29, 0.717) is 6.42 Å². The maximum atomic E-state index is 11.7. The zero-order chi connectivity index (χ0) is 13.3. The molecule has 3 heteroatoms. The number of benzene rings is 1. The molecule has 1 aromatic rings. The van der Waals surface area contributed by atoms with E-state index in [0.717, 1.165) is 5.84 Å². The molecule has 0 bridgehead atoms. The van der Waals surface area contributed by atoms with E-state index < -0.39 is 0 Å². The molecule has 96 valence electrons. The van der Waals surface area contributed by atoms with Crippen LogP contribution in [0.15, 0.2) is 23.2 Å². The number of hydrogen-bond donors (Lipinski definition) is 1. The van der Waals surface area contributed by atoms with Crippen LogP contribution in [0.1, 0.15) is 30.5 Å². The van der Waals surface area contributed by atoms with Gasteiger partial charge in [0.25, 0.3) is 0 Å². The predicted molar refractivity (Wildman–Crippen MR) is 73.8 cm³/mol. The molecule has 0 aromatic heterocycles. The van der Waals surface area contributed by atoms with Gasteiger partial charge < -0.3 is 5.32 Å². The van der Waals surface area contributed by atoms with Crippen molar-refractivity contribution in [3.63, 3.8) is 0 Å². The number of carbonyl (C=O) groups excluding carboxylic acids is 1. The summed E-state index contributed by atoms with van der Waals surface area (Å²) in [7, 11) is 0. The van der Waals surface area contributed by atoms with Gasteiger partial charge in [-0.05, 0) is 36.5 Å². The molecule has 3 nitrogen and oxygen atoms in total. The number of amidine groups is 1. The van der Waals surface area contributed by atoms with Gasteiger partial charge in [-0.1, -0.05) is 32.0 Å². The lowest BCUT2D eigenvalue weighted by atomic mass is 10.0. The van der Waals surface area contributed by atoms with Crippen molar-refractivity contribution in [3.8, 4) is 0 Å². The normalized spacial score (nSPS) is 19.1. The summed E-state index contributed by atoms with van der Waals surface area (Å²) in [5.41, 5.74) is 3.76. The lowest BCUT2D eigenvalue weighted by molar-refractivity contribution is -0.120. The van der Waals surface area contributed by atoms with Crippen LogP contribution >= 0.6 is 0 Å². The molecule has 1 heterocycles. The summed E-state index contributed by atoms with van der Waals surface area (Å²) in [6.07, 6.45) is 0.704. The number of aliphatic imine (C=N–C) groups is 1. The molecule has 1 amide bonds. The van der Waals surface area contributed by atoms with Crippen molar-refractivity contribution in [1.29, 1.82) is 0 Å². The number of carbonyl (C=O) groups is 1. The van der Waals surface area contributed by atoms with Crippen LogP contribution in [0.2, 0.25) is 0 Å². The number of rotatable bonds is 3. The average Bonchev–Trinajstić information content (AvgIpc) is 2.65. The van der Waals surface area contributed by atoms with Gasteiger partial charge in [0.1, 0.15) is 11.9 Å². The zero-order valence-electron chi connectivity index (χ0n) is 11.4. The molecule has 2 rings (SSSR count). The highest BCUT2D eigenvalue weighted by molar-refractivity contribution is 6.06. The van der Waals surface area contributed by atoms with E-state index in [1.807, 2.05) is 13.8 Å². The number of nitrogens with zero attached hydrogens (tertiary/aromatic N) is 1. The van der Waals surface area contributed by atoms with Gasteiger partial charge in [-0.2, -0.15) is 0 Å². The second-order valence-electron chi connectivity index (χ2n) is 5.35. The van der Waals surface area contributed by atoms with Gasteiger partial charge in [0, 0.05) is 6.42 Å². The third-order valence-corrected chi connectivity index (χ3v) is 3.41. The highest BCUT2D eigenvalue weighted by Crippen LogP contribution is 2.15. The Morgan fingerprint density at radius 3 is 2.56 bits per heavy atom. The van der Waals surface area contributed by atoms with E-state index in [-0.39, 0.29) is 17.9 Å². The fourth-order valence-corrected chi connectivity index (χ4v) is 2.12. The van der Waals surface area contributed by atoms with Gasteiger partial charge in [-0.15, -0.1) is 0 Å². The van der Waals surface area contributed by atoms with E-state index in [1.165, 1.54) is 16.7 Å². The summed E-state index contributed by atoms with van der Waals surface area (Å²) < 4.78 is 0. The first kappa shape index (κ1) is 12.8. The van der Waals surface area contributed by atoms with Gasteiger partial charge >= 0.3 is 0 Å². The van der Waals surface area contributed by atoms with Crippen LogP contribution in [0.3, 0.4) is 0 Å². The Labute approximate surface area is 108 Å². The van der Waals surface area contributed by atoms with E-state index in [9.17, 15) is 4.79 Å². The Morgan fingerprint density at radius 2 is 2.00 bits per heavy atom. The van der Waals surface area contributed by atoms with Crippen LogP contribution in [-0.2, 0) is 11.2 Å². The number of aryl methyl sites for hydroxylation is 2. The summed E-state index contributed by atoms with van der Waals surface area (Å²) >= 11 is 0. The highest BCUT2D eigenvalue weighted by atomic mass is 16.2. The first-order valence-corrected chi connectivity index (χ1v) is 6.41. The van der Waals surface area contributed by atoms with Crippen LogP contribution in [0.5, 0.6) is 0 Å². The zero-order valence-corrected chi connectivity index (χ0v) is 11.4. The van der Waals surface area contributed by atoms with Crippen LogP contribution in [0, 0.1) is 19.8 Å². The summed E-state index contributed by atoms with van der Waals surface area (Å²) in [6.45, 7) is 8.24. The van der Waals surface area contributed by atoms with Gasteiger partial charge in [0.2, 0.25) is 5.91 Å². The Kier molecular flexibility index (Phi) is 3.50. The van der Waals surface area contributed by atoms with Crippen LogP contribution in [0.4, 0.5) is 0 Å². The van der Waals surface area contributed by atoms with Crippen molar-refractivity contribution in [3.05, 3.63) is 34.9 Å². The largest absolute Gasteiger partial charge is 0.312 e. The minimum absolute atomic E-state index is 0.0313. The Balaban J connectivity index is 2.13. The number of hydrogen-bond acceptors (Lipinski definition) is 2. The number of amides is 1. The fourth-order valence-electron chi connectivity index (χ4n) is 2.12. The molecule has 1 aromatic carbocycles. The molecule has 0 radical (unpaired) electrons. The predicted octanol–water partition coefficient (Wildman–Crippen LogP) is 2.40. The monoisotopic (exact) mass is 244 g/mol. The lowest BCUT2D eigenvalue weighted by Crippen LogP contribution is -2.31. The van der Waals surface area contributed by atoms with E-state index in [2.05, 4.69) is 42.4 Å². The Morgan fingerprint density at radius 1 is 1.28 bits per heavy atom. The molecule has 1 aliphatic heterocycles. The molecule has 1 atom stereocenters. The minimum atomic E-state index is -0.216. The molecular formula is C15H20N2O. The topological polar surface area (TPSA) is 41.5 Å². The summed E-state index contributed by atoms with van der Waals surface area (Å²) in [5.74, 6) is 1.08. The molecule has 0 fully saturated rings. The second kappa shape index (κ2) is 4.92. The lowest BCUT2D eigenvalue weighted by Gasteiger charge is -2.06. The molecule has 18 heavy (non-hydrogen) atoms. The second-order valence-corrected chi connectivity index (χ2v) is 5.35. The van der Waals surface area contributed by atoms with Crippen LogP contribution in [0.25, 0.3) is 0 Å². The molecule has 0 spiro atoms. The van der Waals surface area contributed by atoms with Gasteiger partial charge in [-0.25, -0.2) is 0 Å². The third-order valence-electron chi connectivity index (χ3n) is 3.41. The Bertz CT molecular complexity index is 503. The first-order valence-electron chi connectivity index (χ1n) is 6.41. The van der Waals surface area contributed by atoms with E-state index >= 15 is 0 Å². The van der Waals surface area contributed by atoms with E-state index in [4.69, 9.17) is 0 Å². The standard InChI is InChI=1S/C15H20N2O/c1-9(2)14-15(18)17-13(16-14)8-12-6-5-10(3)11(4)7-12/h5-7,9,14H,8H2,1-4H3,(H,16,17,18). The Hall–Kier alpha value is -1.64. The highest BCUT2D eigenvalue weighted by Gasteiger charge is 2.28. The maximum Gasteiger partial charge on any atom is 0.250 e. The maximum absolute atomic E-state index is 11.7. The summed E-state index contributed by atoms with van der Waals surface area (Å²) in [6, 6.07) is 6.15. The molecule has 1 N–H and O–H groups in total. The van der Waals surface area contributed by atoms with Crippen LogP contribution in [-0.4, -0.2) is 17.8 Å². The van der Waals surface area contributed by atoms with Crippen molar-refractivity contribution in [2.24, 2.45) is 10.9 Å². The molecule has 1 unspecified atom stereocenters. The smallest absolute Gasteiger partial charge is 0.250 e. The number of nitrogens with one attached hydrogen (secondary N) is 1. The van der Waals surface area contributed by atoms with Gasteiger partial charge in [-0.3, -0.25) is 9.79 Å². The van der Waals surface area contributed by atoms with Gasteiger partial charge in [0.05, 0.1) is 0 Å². The van der Waals surface area contributed by atoms with Crippen LogP contribution < -0.4 is 5.32 Å². The minimum Gasteiger partial charge on any atom is -0.312 e. The van der Waals surface area contributed by atoms with Crippen molar-refractivity contribution >= 4 is 11.7 Å². The molecule has 0 saturated heterocycles. The molecule has 1 aliphatic rings.